The van der Waals surface area contributed by atoms with E-state index in [2.05, 4.69) is 78.9 Å². The van der Waals surface area contributed by atoms with Crippen molar-refractivity contribution < 1.29 is 4.74 Å². The molecule has 0 radical (unpaired) electrons. The van der Waals surface area contributed by atoms with Crippen LogP contribution in [0.1, 0.15) is 24.5 Å². The summed E-state index contributed by atoms with van der Waals surface area (Å²) in [5.74, 6) is 0. The van der Waals surface area contributed by atoms with E-state index >= 15 is 0 Å². The normalized spacial score (nSPS) is 20.4. The van der Waals surface area contributed by atoms with E-state index < -0.39 is 0 Å². The number of ether oxygens (including phenoxy) is 1. The smallest absolute Gasteiger partial charge is 0.126 e. The molecule has 25 heavy (non-hydrogen) atoms. The molecule has 2 atom stereocenters. The number of nitrogens with zero attached hydrogens (tertiary/aromatic N) is 2. The number of aromatic nitrogens is 2. The maximum atomic E-state index is 6.42. The third-order valence-electron chi connectivity index (χ3n) is 4.82. The highest BCUT2D eigenvalue weighted by Gasteiger charge is 2.36. The lowest BCUT2D eigenvalue weighted by Gasteiger charge is -2.39. The van der Waals surface area contributed by atoms with E-state index in [0.717, 1.165) is 23.0 Å². The van der Waals surface area contributed by atoms with Crippen LogP contribution in [0.2, 0.25) is 0 Å². The van der Waals surface area contributed by atoms with E-state index in [-0.39, 0.29) is 11.8 Å². The van der Waals surface area contributed by atoms with Crippen molar-refractivity contribution in [1.82, 2.24) is 9.78 Å². The summed E-state index contributed by atoms with van der Waals surface area (Å²) in [4.78, 5) is 0. The standard InChI is InChI=1S/C21H23N3O/c1-15-6-4-7-18(12-15)21(10-5-11-21)25-16(2)23-19-8-9-20-17(13-19)14-22-24(20)3/h4-10,12-14,16,23H,11H2,1-3H3. The van der Waals surface area contributed by atoms with E-state index in [1.807, 2.05) is 17.9 Å². The van der Waals surface area contributed by atoms with Gasteiger partial charge in [0.15, 0.2) is 0 Å². The van der Waals surface area contributed by atoms with Crippen LogP contribution in [-0.4, -0.2) is 16.0 Å². The monoisotopic (exact) mass is 333 g/mol. The molecule has 2 unspecified atom stereocenters. The molecule has 1 aromatic heterocycles. The second-order valence-electron chi connectivity index (χ2n) is 6.81. The SMILES string of the molecule is Cc1cccc(C2(OC(C)Nc3ccc4c(cnn4C)c3)C=CC2)c1. The molecule has 0 fully saturated rings. The molecular formula is C21H23N3O. The molecule has 0 saturated heterocycles. The third-order valence-corrected chi connectivity index (χ3v) is 4.82. The molecule has 1 N–H and O–H groups in total. The first-order chi connectivity index (χ1) is 12.1. The minimum Gasteiger partial charge on any atom is -0.360 e. The minimum atomic E-state index is -0.323. The number of hydrogen-bond acceptors (Lipinski definition) is 3. The van der Waals surface area contributed by atoms with E-state index in [0.29, 0.717) is 0 Å². The van der Waals surface area contributed by atoms with Crippen molar-refractivity contribution in [3.63, 3.8) is 0 Å². The first kappa shape index (κ1) is 15.9. The Balaban J connectivity index is 1.52. The Kier molecular flexibility index (Phi) is 3.85. The van der Waals surface area contributed by atoms with Gasteiger partial charge in [0.25, 0.3) is 0 Å². The van der Waals surface area contributed by atoms with Crippen LogP contribution in [0, 0.1) is 6.92 Å². The van der Waals surface area contributed by atoms with Gasteiger partial charge in [-0.3, -0.25) is 4.68 Å². The molecule has 1 aliphatic carbocycles. The fourth-order valence-electron chi connectivity index (χ4n) is 3.44. The van der Waals surface area contributed by atoms with Crippen molar-refractivity contribution in [3.8, 4) is 0 Å². The summed E-state index contributed by atoms with van der Waals surface area (Å²) in [5.41, 5.74) is 4.30. The molecular weight excluding hydrogens is 310 g/mol. The second-order valence-corrected chi connectivity index (χ2v) is 6.81. The van der Waals surface area contributed by atoms with E-state index in [1.165, 1.54) is 11.1 Å². The van der Waals surface area contributed by atoms with Crippen molar-refractivity contribution in [1.29, 1.82) is 0 Å². The van der Waals surface area contributed by atoms with Gasteiger partial charge in [-0.1, -0.05) is 42.0 Å². The molecule has 4 rings (SSSR count). The molecule has 1 aliphatic rings. The zero-order chi connectivity index (χ0) is 17.4. The van der Waals surface area contributed by atoms with Crippen LogP contribution in [0.25, 0.3) is 10.9 Å². The molecule has 1 heterocycles. The van der Waals surface area contributed by atoms with Crippen LogP contribution >= 0.6 is 0 Å². The fraction of sp³-hybridized carbons (Fsp3) is 0.286. The number of benzene rings is 2. The average molecular weight is 333 g/mol. The number of fused-ring (bicyclic) bond motifs is 1. The second kappa shape index (κ2) is 6.05. The number of hydrogen-bond donors (Lipinski definition) is 1. The summed E-state index contributed by atoms with van der Waals surface area (Å²) in [6, 6.07) is 14.8. The van der Waals surface area contributed by atoms with Crippen LogP contribution in [0.4, 0.5) is 5.69 Å². The van der Waals surface area contributed by atoms with Gasteiger partial charge in [-0.05, 0) is 37.6 Å². The Morgan fingerprint density at radius 2 is 2.08 bits per heavy atom. The number of rotatable bonds is 5. The van der Waals surface area contributed by atoms with Gasteiger partial charge in [-0.15, -0.1) is 0 Å². The van der Waals surface area contributed by atoms with Crippen molar-refractivity contribution in [2.75, 3.05) is 5.32 Å². The lowest BCUT2D eigenvalue weighted by Crippen LogP contribution is -2.38. The number of aryl methyl sites for hydroxylation is 2. The first-order valence-electron chi connectivity index (χ1n) is 8.67. The van der Waals surface area contributed by atoms with Crippen LogP contribution in [-0.2, 0) is 17.4 Å². The Morgan fingerprint density at radius 3 is 2.80 bits per heavy atom. The molecule has 128 valence electrons. The van der Waals surface area contributed by atoms with Crippen LogP contribution < -0.4 is 5.32 Å². The van der Waals surface area contributed by atoms with Crippen molar-refractivity contribution in [2.24, 2.45) is 7.05 Å². The fourth-order valence-corrected chi connectivity index (χ4v) is 3.44. The summed E-state index contributed by atoms with van der Waals surface area (Å²) in [7, 11) is 1.95. The predicted octanol–water partition coefficient (Wildman–Crippen LogP) is 4.51. The van der Waals surface area contributed by atoms with Crippen LogP contribution in [0.5, 0.6) is 0 Å². The lowest BCUT2D eigenvalue weighted by atomic mass is 9.81. The Labute approximate surface area is 148 Å². The van der Waals surface area contributed by atoms with Gasteiger partial charge in [0.1, 0.15) is 11.8 Å². The third kappa shape index (κ3) is 2.94. The number of anilines is 1. The number of nitrogens with one attached hydrogen (secondary N) is 1. The zero-order valence-electron chi connectivity index (χ0n) is 14.9. The van der Waals surface area contributed by atoms with E-state index in [9.17, 15) is 0 Å². The summed E-state index contributed by atoms with van der Waals surface area (Å²) in [6.45, 7) is 4.17. The van der Waals surface area contributed by atoms with Crippen LogP contribution in [0.15, 0.2) is 60.8 Å². The van der Waals surface area contributed by atoms with Gasteiger partial charge >= 0.3 is 0 Å². The van der Waals surface area contributed by atoms with Gasteiger partial charge in [0, 0.05) is 24.5 Å². The summed E-state index contributed by atoms with van der Waals surface area (Å²) >= 11 is 0. The topological polar surface area (TPSA) is 39.1 Å². The molecule has 0 aliphatic heterocycles. The van der Waals surface area contributed by atoms with Gasteiger partial charge in [-0.25, -0.2) is 0 Å². The quantitative estimate of drug-likeness (QED) is 0.551. The molecule has 0 saturated carbocycles. The van der Waals surface area contributed by atoms with Crippen molar-refractivity contribution >= 4 is 16.6 Å². The minimum absolute atomic E-state index is 0.111. The Bertz CT molecular complexity index is 943. The summed E-state index contributed by atoms with van der Waals surface area (Å²) in [5, 5.41) is 8.87. The highest BCUT2D eigenvalue weighted by atomic mass is 16.5. The van der Waals surface area contributed by atoms with E-state index in [4.69, 9.17) is 4.74 Å². The van der Waals surface area contributed by atoms with Crippen molar-refractivity contribution in [3.05, 3.63) is 71.9 Å². The average Bonchev–Trinajstić information content (AvgIpc) is 2.91. The molecule has 3 aromatic rings. The van der Waals surface area contributed by atoms with Gasteiger partial charge in [0.2, 0.25) is 0 Å². The lowest BCUT2D eigenvalue weighted by molar-refractivity contribution is -0.0568. The summed E-state index contributed by atoms with van der Waals surface area (Å²) < 4.78 is 8.30. The molecule has 0 bridgehead atoms. The highest BCUT2D eigenvalue weighted by molar-refractivity contribution is 5.82. The molecule has 0 amide bonds. The zero-order valence-corrected chi connectivity index (χ0v) is 14.9. The van der Waals surface area contributed by atoms with Gasteiger partial charge < -0.3 is 10.1 Å². The van der Waals surface area contributed by atoms with E-state index in [1.54, 1.807) is 0 Å². The maximum Gasteiger partial charge on any atom is 0.126 e. The molecule has 4 heteroatoms. The first-order valence-corrected chi connectivity index (χ1v) is 8.67. The van der Waals surface area contributed by atoms with Gasteiger partial charge in [-0.2, -0.15) is 5.10 Å². The molecule has 2 aromatic carbocycles. The Morgan fingerprint density at radius 1 is 1.24 bits per heavy atom. The highest BCUT2D eigenvalue weighted by Crippen LogP contribution is 2.39. The van der Waals surface area contributed by atoms with Crippen molar-refractivity contribution in [2.45, 2.75) is 32.1 Å². The summed E-state index contributed by atoms with van der Waals surface area (Å²) in [6.07, 6.45) is 7.00. The maximum absolute atomic E-state index is 6.42. The largest absolute Gasteiger partial charge is 0.360 e. The van der Waals surface area contributed by atoms with Crippen LogP contribution in [0.3, 0.4) is 0 Å². The van der Waals surface area contributed by atoms with Gasteiger partial charge in [0.05, 0.1) is 11.7 Å². The Hall–Kier alpha value is -2.59. The molecule has 4 nitrogen and oxygen atoms in total. The predicted molar refractivity (Wildman–Crippen MR) is 101 cm³/mol. The molecule has 0 spiro atoms.